The normalized spacial score (nSPS) is 10.7. The Kier molecular flexibility index (Phi) is 6.37. The highest BCUT2D eigenvalue weighted by atomic mass is 35.5. The second kappa shape index (κ2) is 9.53. The Morgan fingerprint density at radius 2 is 1.81 bits per heavy atom. The monoisotopic (exact) mass is 449 g/mol. The molecule has 0 aliphatic carbocycles. The lowest BCUT2D eigenvalue weighted by atomic mass is 10.1. The Balaban J connectivity index is 1.50. The molecule has 0 saturated heterocycles. The number of benzene rings is 2. The van der Waals surface area contributed by atoms with E-state index < -0.39 is 5.97 Å². The molecule has 4 rings (SSSR count). The third kappa shape index (κ3) is 5.07. The molecule has 0 fully saturated rings. The molecule has 0 aliphatic heterocycles. The molecule has 32 heavy (non-hydrogen) atoms. The van der Waals surface area contributed by atoms with Gasteiger partial charge >= 0.3 is 5.97 Å². The quantitative estimate of drug-likeness (QED) is 0.403. The fourth-order valence-electron chi connectivity index (χ4n) is 3.02. The number of pyridine rings is 1. The molecule has 1 N–H and O–H groups in total. The van der Waals surface area contributed by atoms with Crippen LogP contribution in [0.15, 0.2) is 73.1 Å². The summed E-state index contributed by atoms with van der Waals surface area (Å²) in [7, 11) is 0. The largest absolute Gasteiger partial charge is 0.488 e. The molecule has 0 spiro atoms. The van der Waals surface area contributed by atoms with Crippen molar-refractivity contribution in [1.29, 1.82) is 0 Å². The summed E-state index contributed by atoms with van der Waals surface area (Å²) in [4.78, 5) is 15.4. The average Bonchev–Trinajstić information content (AvgIpc) is 3.27. The van der Waals surface area contributed by atoms with Crippen LogP contribution < -0.4 is 9.47 Å². The van der Waals surface area contributed by atoms with Gasteiger partial charge in [0, 0.05) is 22.8 Å². The highest BCUT2D eigenvalue weighted by molar-refractivity contribution is 6.30. The molecule has 2 heterocycles. The zero-order valence-corrected chi connectivity index (χ0v) is 18.0. The van der Waals surface area contributed by atoms with Crippen molar-refractivity contribution in [2.75, 3.05) is 0 Å². The van der Waals surface area contributed by atoms with E-state index >= 15 is 0 Å². The number of carbonyl (C=O) groups is 1. The Morgan fingerprint density at radius 3 is 2.59 bits per heavy atom. The Bertz CT molecular complexity index is 1240. The van der Waals surface area contributed by atoms with Crippen molar-refractivity contribution in [2.24, 2.45) is 0 Å². The van der Waals surface area contributed by atoms with E-state index in [4.69, 9.17) is 21.1 Å². The van der Waals surface area contributed by atoms with Gasteiger partial charge in [0.05, 0.1) is 11.8 Å². The molecule has 7 nitrogen and oxygen atoms in total. The van der Waals surface area contributed by atoms with E-state index in [1.165, 1.54) is 28.6 Å². The summed E-state index contributed by atoms with van der Waals surface area (Å²) in [6, 6.07) is 18.0. The second-order valence-corrected chi connectivity index (χ2v) is 7.54. The number of carboxylic acid groups (broad SMARTS) is 1. The second-order valence-electron chi connectivity index (χ2n) is 7.10. The predicted octanol–water partition coefficient (Wildman–Crippen LogP) is 5.09. The number of hydrogen-bond acceptors (Lipinski definition) is 5. The number of aromatic nitrogens is 3. The predicted molar refractivity (Wildman–Crippen MR) is 120 cm³/mol. The van der Waals surface area contributed by atoms with E-state index in [0.717, 1.165) is 11.1 Å². The van der Waals surface area contributed by atoms with Crippen LogP contribution in [-0.4, -0.2) is 25.8 Å². The van der Waals surface area contributed by atoms with Crippen LogP contribution in [0.4, 0.5) is 0 Å². The minimum atomic E-state index is -1.04. The maximum Gasteiger partial charge on any atom is 0.335 e. The van der Waals surface area contributed by atoms with E-state index in [0.29, 0.717) is 29.1 Å². The van der Waals surface area contributed by atoms with Gasteiger partial charge in [-0.15, -0.1) is 0 Å². The fourth-order valence-corrected chi connectivity index (χ4v) is 3.18. The number of halogens is 1. The van der Waals surface area contributed by atoms with Crippen molar-refractivity contribution in [3.8, 4) is 17.4 Å². The van der Waals surface area contributed by atoms with Crippen molar-refractivity contribution in [1.82, 2.24) is 14.8 Å². The molecular weight excluding hydrogens is 430 g/mol. The van der Waals surface area contributed by atoms with Crippen molar-refractivity contribution < 1.29 is 19.4 Å². The van der Waals surface area contributed by atoms with E-state index in [2.05, 4.69) is 10.1 Å². The van der Waals surface area contributed by atoms with Crippen LogP contribution in [0, 0.1) is 6.92 Å². The molecule has 8 heteroatoms. The highest BCUT2D eigenvalue weighted by Gasteiger charge is 2.13. The average molecular weight is 450 g/mol. The maximum atomic E-state index is 11.3. The van der Waals surface area contributed by atoms with Crippen LogP contribution in [0.1, 0.15) is 27.0 Å². The summed E-state index contributed by atoms with van der Waals surface area (Å²) in [6.45, 7) is 2.64. The van der Waals surface area contributed by atoms with Crippen LogP contribution in [0.3, 0.4) is 0 Å². The Morgan fingerprint density at radius 1 is 1.00 bits per heavy atom. The van der Waals surface area contributed by atoms with Gasteiger partial charge in [-0.05, 0) is 36.8 Å². The first-order valence-corrected chi connectivity index (χ1v) is 10.2. The molecule has 162 valence electrons. The van der Waals surface area contributed by atoms with Crippen LogP contribution in [0.5, 0.6) is 11.6 Å². The van der Waals surface area contributed by atoms with Crippen LogP contribution in [-0.2, 0) is 13.2 Å². The van der Waals surface area contributed by atoms with Gasteiger partial charge in [0.1, 0.15) is 19.0 Å². The van der Waals surface area contributed by atoms with Crippen molar-refractivity contribution >= 4 is 17.6 Å². The van der Waals surface area contributed by atoms with Crippen molar-refractivity contribution in [2.45, 2.75) is 20.1 Å². The van der Waals surface area contributed by atoms with Gasteiger partial charge in [0.25, 0.3) is 0 Å². The van der Waals surface area contributed by atoms with Gasteiger partial charge < -0.3 is 14.6 Å². The van der Waals surface area contributed by atoms with E-state index in [1.54, 1.807) is 24.4 Å². The minimum Gasteiger partial charge on any atom is -0.488 e. The molecule has 2 aromatic heterocycles. The summed E-state index contributed by atoms with van der Waals surface area (Å²) in [5.41, 5.74) is 3.15. The molecule has 4 aromatic rings. The SMILES string of the molecule is Cc1ccc(COc2cc(Cl)ccc2COc2ccnn2-c2cc(C(=O)O)ccn2)cc1. The van der Waals surface area contributed by atoms with Crippen LogP contribution in [0.2, 0.25) is 5.02 Å². The summed E-state index contributed by atoms with van der Waals surface area (Å²) in [6.07, 6.45) is 2.97. The maximum absolute atomic E-state index is 11.3. The number of carboxylic acids is 1. The lowest BCUT2D eigenvalue weighted by Crippen LogP contribution is -2.07. The zero-order chi connectivity index (χ0) is 22.5. The number of nitrogens with zero attached hydrogens (tertiary/aromatic N) is 3. The number of aromatic carboxylic acids is 1. The van der Waals surface area contributed by atoms with Gasteiger partial charge in [-0.3, -0.25) is 0 Å². The fraction of sp³-hybridized carbons (Fsp3) is 0.125. The summed E-state index contributed by atoms with van der Waals surface area (Å²) < 4.78 is 13.4. The van der Waals surface area contributed by atoms with E-state index in [9.17, 15) is 9.90 Å². The Hall–Kier alpha value is -3.84. The van der Waals surface area contributed by atoms with Gasteiger partial charge in [0.2, 0.25) is 5.88 Å². The van der Waals surface area contributed by atoms with Crippen LogP contribution >= 0.6 is 11.6 Å². The van der Waals surface area contributed by atoms with E-state index in [1.807, 2.05) is 37.3 Å². The number of rotatable bonds is 8. The van der Waals surface area contributed by atoms with E-state index in [-0.39, 0.29) is 12.2 Å². The molecule has 0 aliphatic rings. The number of hydrogen-bond donors (Lipinski definition) is 1. The molecule has 0 bridgehead atoms. The smallest absolute Gasteiger partial charge is 0.335 e. The third-order valence-electron chi connectivity index (χ3n) is 4.74. The number of aryl methyl sites for hydroxylation is 1. The molecule has 0 atom stereocenters. The topological polar surface area (TPSA) is 86.5 Å². The standard InChI is InChI=1S/C24H20ClN3O4/c1-16-2-4-17(5-3-16)14-31-21-13-20(25)7-6-19(21)15-32-23-9-11-27-28(23)22-12-18(24(29)30)8-10-26-22/h2-13H,14-15H2,1H3,(H,29,30). The lowest BCUT2D eigenvalue weighted by Gasteiger charge is -2.14. The first-order chi connectivity index (χ1) is 15.5. The summed E-state index contributed by atoms with van der Waals surface area (Å²) >= 11 is 6.17. The van der Waals surface area contributed by atoms with Crippen molar-refractivity contribution in [3.05, 3.63) is 100 Å². The van der Waals surface area contributed by atoms with Gasteiger partial charge in [-0.1, -0.05) is 47.5 Å². The molecule has 2 aromatic carbocycles. The van der Waals surface area contributed by atoms with Gasteiger partial charge in [-0.25, -0.2) is 9.78 Å². The molecule has 0 unspecified atom stereocenters. The van der Waals surface area contributed by atoms with Gasteiger partial charge in [-0.2, -0.15) is 9.78 Å². The highest BCUT2D eigenvalue weighted by Crippen LogP contribution is 2.26. The number of ether oxygens (including phenoxy) is 2. The molecular formula is C24H20ClN3O4. The molecule has 0 radical (unpaired) electrons. The molecule has 0 saturated carbocycles. The molecule has 0 amide bonds. The van der Waals surface area contributed by atoms with Crippen molar-refractivity contribution in [3.63, 3.8) is 0 Å². The first kappa shape index (κ1) is 21.4. The van der Waals surface area contributed by atoms with Crippen LogP contribution in [0.25, 0.3) is 5.82 Å². The lowest BCUT2D eigenvalue weighted by molar-refractivity contribution is 0.0696. The first-order valence-electron chi connectivity index (χ1n) is 9.83. The Labute approximate surface area is 189 Å². The zero-order valence-electron chi connectivity index (χ0n) is 17.2. The summed E-state index contributed by atoms with van der Waals surface area (Å²) in [5.74, 6) is 0.339. The van der Waals surface area contributed by atoms with Gasteiger partial charge in [0.15, 0.2) is 5.82 Å². The summed E-state index contributed by atoms with van der Waals surface area (Å²) in [5, 5.41) is 14.0. The third-order valence-corrected chi connectivity index (χ3v) is 4.97. The minimum absolute atomic E-state index is 0.112.